The first-order valence-corrected chi connectivity index (χ1v) is 6.59. The Balaban J connectivity index is 2.89. The summed E-state index contributed by atoms with van der Waals surface area (Å²) in [5, 5.41) is 0. The van der Waals surface area contributed by atoms with Crippen molar-refractivity contribution in [2.45, 2.75) is 45.3 Å². The van der Waals surface area contributed by atoms with Crippen LogP contribution < -0.4 is 0 Å². The molecule has 1 fully saturated rings. The molecule has 0 aliphatic carbocycles. The maximum atomic E-state index is 12.3. The average Bonchev–Trinajstić information content (AvgIpc) is 2.36. The molecule has 0 saturated carbocycles. The van der Waals surface area contributed by atoms with Crippen molar-refractivity contribution in [3.8, 4) is 0 Å². The topological polar surface area (TPSA) is 72.9 Å². The molecule has 0 unspecified atom stereocenters. The minimum absolute atomic E-state index is 0.240. The van der Waals surface area contributed by atoms with Gasteiger partial charge in [-0.05, 0) is 20.8 Å². The highest BCUT2D eigenvalue weighted by Crippen LogP contribution is 2.25. The Morgan fingerprint density at radius 2 is 2.06 bits per heavy atom. The Morgan fingerprint density at radius 1 is 1.50 bits per heavy atom. The number of hydrogen-bond donors (Lipinski definition) is 0. The van der Waals surface area contributed by atoms with Crippen LogP contribution in [0.15, 0.2) is 0 Å². The van der Waals surface area contributed by atoms with E-state index in [2.05, 4.69) is 4.18 Å². The first-order chi connectivity index (χ1) is 8.03. The molecule has 1 heterocycles. The lowest BCUT2D eigenvalue weighted by Crippen LogP contribution is -2.43. The zero-order chi connectivity index (χ0) is 14.1. The third-order valence-corrected chi connectivity index (χ3v) is 3.37. The Hall–Kier alpha value is -0.960. The van der Waals surface area contributed by atoms with Gasteiger partial charge in [-0.1, -0.05) is 0 Å². The van der Waals surface area contributed by atoms with Crippen LogP contribution in [0.3, 0.4) is 0 Å². The number of nitrogens with zero attached hydrogens (tertiary/aromatic N) is 1. The lowest BCUT2D eigenvalue weighted by Gasteiger charge is -2.25. The summed E-state index contributed by atoms with van der Waals surface area (Å²) in [7, 11) is -4.33. The molecule has 1 aliphatic heterocycles. The highest BCUT2D eigenvalue weighted by Gasteiger charge is 2.45. The molecular formula is C9H15F2NO5S. The van der Waals surface area contributed by atoms with Crippen LogP contribution in [-0.2, 0) is 19.2 Å². The first-order valence-electron chi connectivity index (χ1n) is 5.23. The molecule has 0 aromatic rings. The zero-order valence-corrected chi connectivity index (χ0v) is 11.0. The maximum absolute atomic E-state index is 12.3. The minimum atomic E-state index is -4.33. The maximum Gasteiger partial charge on any atom is 0.426 e. The van der Waals surface area contributed by atoms with Crippen molar-refractivity contribution in [2.75, 3.05) is 6.61 Å². The molecule has 0 radical (unpaired) electrons. The summed E-state index contributed by atoms with van der Waals surface area (Å²) in [4.78, 5) is 11.7. The Morgan fingerprint density at radius 3 is 2.50 bits per heavy atom. The van der Waals surface area contributed by atoms with E-state index in [0.29, 0.717) is 0 Å². The largest absolute Gasteiger partial charge is 0.443 e. The zero-order valence-electron chi connectivity index (χ0n) is 10.2. The van der Waals surface area contributed by atoms with E-state index in [1.54, 1.807) is 0 Å². The molecule has 0 N–H and O–H groups in total. The number of carbonyl (C=O) groups is 1. The standard InChI is InChI=1S/C9H15F2NO5S/c1-9(2,3)17-8(13)12-6(4-7(10)11)5-16-18(12,14)15/h6-7H,4-5H2,1-3H3/t6-/m0/s1. The number of amides is 1. The van der Waals surface area contributed by atoms with Crippen LogP contribution in [-0.4, -0.2) is 43.5 Å². The van der Waals surface area contributed by atoms with Crippen molar-refractivity contribution in [3.05, 3.63) is 0 Å². The summed E-state index contributed by atoms with van der Waals surface area (Å²) in [6.07, 6.45) is -4.72. The predicted octanol–water partition coefficient (Wildman–Crippen LogP) is 1.52. The van der Waals surface area contributed by atoms with Crippen molar-refractivity contribution in [1.82, 2.24) is 4.31 Å². The smallest absolute Gasteiger partial charge is 0.426 e. The highest BCUT2D eigenvalue weighted by molar-refractivity contribution is 7.85. The Labute approximate surface area is 104 Å². The van der Waals surface area contributed by atoms with Crippen LogP contribution in [0.4, 0.5) is 13.6 Å². The van der Waals surface area contributed by atoms with E-state index < -0.39 is 47.5 Å². The Bertz CT molecular complexity index is 417. The molecule has 1 aliphatic rings. The normalized spacial score (nSPS) is 23.4. The van der Waals surface area contributed by atoms with Gasteiger partial charge in [0.1, 0.15) is 5.60 Å². The third-order valence-electron chi connectivity index (χ3n) is 2.01. The van der Waals surface area contributed by atoms with E-state index in [9.17, 15) is 22.0 Å². The third kappa shape index (κ3) is 3.77. The SMILES string of the molecule is CC(C)(C)OC(=O)N1[C@@H](CC(F)F)COS1(=O)=O. The molecule has 1 amide bonds. The van der Waals surface area contributed by atoms with Gasteiger partial charge in [0.05, 0.1) is 12.6 Å². The van der Waals surface area contributed by atoms with Gasteiger partial charge in [-0.25, -0.2) is 13.6 Å². The molecule has 6 nitrogen and oxygen atoms in total. The molecule has 9 heteroatoms. The van der Waals surface area contributed by atoms with E-state index >= 15 is 0 Å². The van der Waals surface area contributed by atoms with Crippen molar-refractivity contribution in [2.24, 2.45) is 0 Å². The fourth-order valence-electron chi connectivity index (χ4n) is 1.39. The second-order valence-corrected chi connectivity index (χ2v) is 6.28. The van der Waals surface area contributed by atoms with E-state index in [1.165, 1.54) is 20.8 Å². The molecule has 1 rings (SSSR count). The van der Waals surface area contributed by atoms with Crippen molar-refractivity contribution in [1.29, 1.82) is 0 Å². The van der Waals surface area contributed by atoms with Crippen LogP contribution >= 0.6 is 0 Å². The van der Waals surface area contributed by atoms with Crippen molar-refractivity contribution >= 4 is 16.4 Å². The van der Waals surface area contributed by atoms with Crippen LogP contribution in [0.1, 0.15) is 27.2 Å². The van der Waals surface area contributed by atoms with Crippen LogP contribution in [0.25, 0.3) is 0 Å². The first kappa shape index (κ1) is 15.1. The monoisotopic (exact) mass is 287 g/mol. The molecule has 0 bridgehead atoms. The van der Waals surface area contributed by atoms with E-state index in [4.69, 9.17) is 4.74 Å². The molecular weight excluding hydrogens is 272 g/mol. The van der Waals surface area contributed by atoms with E-state index in [0.717, 1.165) is 0 Å². The molecule has 1 saturated heterocycles. The fraction of sp³-hybridized carbons (Fsp3) is 0.889. The highest BCUT2D eigenvalue weighted by atomic mass is 32.2. The van der Waals surface area contributed by atoms with E-state index in [-0.39, 0.29) is 4.31 Å². The number of ether oxygens (including phenoxy) is 1. The van der Waals surface area contributed by atoms with Crippen molar-refractivity contribution in [3.63, 3.8) is 0 Å². The van der Waals surface area contributed by atoms with Gasteiger partial charge in [0, 0.05) is 6.42 Å². The van der Waals surface area contributed by atoms with Gasteiger partial charge >= 0.3 is 16.4 Å². The van der Waals surface area contributed by atoms with Gasteiger partial charge in [-0.2, -0.15) is 12.7 Å². The summed E-state index contributed by atoms with van der Waals surface area (Å²) in [5.41, 5.74) is -0.926. The van der Waals surface area contributed by atoms with Gasteiger partial charge in [0.15, 0.2) is 0 Å². The fourth-order valence-corrected chi connectivity index (χ4v) is 2.56. The number of alkyl halides is 2. The molecule has 0 aromatic heterocycles. The van der Waals surface area contributed by atoms with Gasteiger partial charge < -0.3 is 4.74 Å². The quantitative estimate of drug-likeness (QED) is 0.770. The van der Waals surface area contributed by atoms with Crippen LogP contribution in [0, 0.1) is 0 Å². The van der Waals surface area contributed by atoms with Gasteiger partial charge in [-0.3, -0.25) is 4.18 Å². The molecule has 1 atom stereocenters. The average molecular weight is 287 g/mol. The van der Waals surface area contributed by atoms with Gasteiger partial charge in [0.25, 0.3) is 0 Å². The predicted molar refractivity (Wildman–Crippen MR) is 57.4 cm³/mol. The molecule has 18 heavy (non-hydrogen) atoms. The summed E-state index contributed by atoms with van der Waals surface area (Å²) in [5.74, 6) is 0. The summed E-state index contributed by atoms with van der Waals surface area (Å²) in [6.45, 7) is 4.13. The molecule has 0 spiro atoms. The summed E-state index contributed by atoms with van der Waals surface area (Å²) < 4.78 is 56.9. The summed E-state index contributed by atoms with van der Waals surface area (Å²) in [6, 6.07) is -1.23. The lowest BCUT2D eigenvalue weighted by atomic mass is 10.2. The van der Waals surface area contributed by atoms with Crippen molar-refractivity contribution < 1.29 is 30.9 Å². The number of halogens is 2. The second kappa shape index (κ2) is 4.96. The van der Waals surface area contributed by atoms with Gasteiger partial charge in [0.2, 0.25) is 6.43 Å². The minimum Gasteiger partial charge on any atom is -0.443 e. The van der Waals surface area contributed by atoms with E-state index in [1.807, 2.05) is 0 Å². The van der Waals surface area contributed by atoms with Crippen LogP contribution in [0.5, 0.6) is 0 Å². The van der Waals surface area contributed by atoms with Gasteiger partial charge in [-0.15, -0.1) is 0 Å². The number of rotatable bonds is 2. The number of hydrogen-bond acceptors (Lipinski definition) is 5. The van der Waals surface area contributed by atoms with Crippen LogP contribution in [0.2, 0.25) is 0 Å². The molecule has 106 valence electrons. The molecule has 0 aromatic carbocycles. The summed E-state index contributed by atoms with van der Waals surface area (Å²) >= 11 is 0. The lowest BCUT2D eigenvalue weighted by molar-refractivity contribution is 0.0304. The number of carbonyl (C=O) groups excluding carboxylic acids is 1. The Kier molecular flexibility index (Phi) is 4.16. The second-order valence-electron chi connectivity index (χ2n) is 4.80.